The van der Waals surface area contributed by atoms with Crippen LogP contribution in [0.3, 0.4) is 0 Å². The molecule has 1 amide bonds. The van der Waals surface area contributed by atoms with Crippen LogP contribution in [-0.4, -0.2) is 25.8 Å². The van der Waals surface area contributed by atoms with Gasteiger partial charge in [-0.3, -0.25) is 4.79 Å². The van der Waals surface area contributed by atoms with E-state index in [0.717, 1.165) is 10.4 Å². The second kappa shape index (κ2) is 8.77. The maximum atomic E-state index is 12.4. The summed E-state index contributed by atoms with van der Waals surface area (Å²) >= 11 is 13.7. The molecule has 0 spiro atoms. The van der Waals surface area contributed by atoms with Crippen LogP contribution in [0.5, 0.6) is 0 Å². The molecule has 1 aromatic carbocycles. The molecule has 0 radical (unpaired) electrons. The van der Waals surface area contributed by atoms with E-state index in [2.05, 4.69) is 20.6 Å². The highest BCUT2D eigenvalue weighted by Gasteiger charge is 2.13. The topological polar surface area (TPSA) is 85.8 Å². The standard InChI is InChI=1S/C19H15Cl2N5O2S/c20-13-4-3-12(14(21)10-13)11-26-16(7-8-22-26)23-17(27)5-6-18-24-19(25-28-18)15-2-1-9-29-15/h1-4,7-10H,5-6,11H2,(H,23,27). The van der Waals surface area contributed by atoms with Crippen molar-refractivity contribution in [2.24, 2.45) is 0 Å². The lowest BCUT2D eigenvalue weighted by atomic mass is 10.2. The first kappa shape index (κ1) is 19.6. The molecular weight excluding hydrogens is 433 g/mol. The minimum absolute atomic E-state index is 0.176. The Morgan fingerprint density at radius 3 is 2.93 bits per heavy atom. The first-order chi connectivity index (χ1) is 14.1. The summed E-state index contributed by atoms with van der Waals surface area (Å²) < 4.78 is 6.88. The van der Waals surface area contributed by atoms with Crippen molar-refractivity contribution in [1.82, 2.24) is 19.9 Å². The Morgan fingerprint density at radius 2 is 2.14 bits per heavy atom. The van der Waals surface area contributed by atoms with E-state index in [1.807, 2.05) is 23.6 Å². The molecule has 0 fully saturated rings. The van der Waals surface area contributed by atoms with Crippen LogP contribution >= 0.6 is 34.5 Å². The van der Waals surface area contributed by atoms with Crippen LogP contribution in [-0.2, 0) is 17.8 Å². The number of anilines is 1. The van der Waals surface area contributed by atoms with Gasteiger partial charge in [-0.25, -0.2) is 4.68 Å². The van der Waals surface area contributed by atoms with Crippen molar-refractivity contribution in [3.63, 3.8) is 0 Å². The van der Waals surface area contributed by atoms with Crippen molar-refractivity contribution >= 4 is 46.3 Å². The van der Waals surface area contributed by atoms with Gasteiger partial charge in [-0.15, -0.1) is 11.3 Å². The van der Waals surface area contributed by atoms with Gasteiger partial charge in [0, 0.05) is 29.0 Å². The summed E-state index contributed by atoms with van der Waals surface area (Å²) in [6, 6.07) is 10.8. The molecule has 0 saturated carbocycles. The van der Waals surface area contributed by atoms with Gasteiger partial charge in [-0.1, -0.05) is 40.5 Å². The first-order valence-corrected chi connectivity index (χ1v) is 10.3. The third-order valence-electron chi connectivity index (χ3n) is 4.09. The Balaban J connectivity index is 1.35. The molecule has 0 atom stereocenters. The van der Waals surface area contributed by atoms with E-state index in [1.54, 1.807) is 29.1 Å². The van der Waals surface area contributed by atoms with Crippen molar-refractivity contribution < 1.29 is 9.32 Å². The normalized spacial score (nSPS) is 11.0. The number of hydrogen-bond donors (Lipinski definition) is 1. The largest absolute Gasteiger partial charge is 0.339 e. The van der Waals surface area contributed by atoms with Gasteiger partial charge in [-0.2, -0.15) is 10.1 Å². The van der Waals surface area contributed by atoms with Gasteiger partial charge in [0.05, 0.1) is 17.6 Å². The highest BCUT2D eigenvalue weighted by atomic mass is 35.5. The third-order valence-corrected chi connectivity index (χ3v) is 5.55. The number of nitrogens with zero attached hydrogens (tertiary/aromatic N) is 4. The molecule has 0 bridgehead atoms. The lowest BCUT2D eigenvalue weighted by Crippen LogP contribution is -2.16. The molecule has 0 saturated heterocycles. The van der Waals surface area contributed by atoms with E-state index in [9.17, 15) is 4.79 Å². The van der Waals surface area contributed by atoms with E-state index in [-0.39, 0.29) is 12.3 Å². The smallest absolute Gasteiger partial charge is 0.227 e. The van der Waals surface area contributed by atoms with Crippen LogP contribution < -0.4 is 5.32 Å². The molecule has 3 heterocycles. The Kier molecular flexibility index (Phi) is 5.94. The zero-order chi connectivity index (χ0) is 20.2. The Hall–Kier alpha value is -2.68. The molecular formula is C19H15Cl2N5O2S. The fourth-order valence-corrected chi connectivity index (χ4v) is 3.78. The van der Waals surface area contributed by atoms with Crippen LogP contribution in [0.1, 0.15) is 17.9 Å². The molecule has 1 N–H and O–H groups in total. The number of halogens is 2. The average molecular weight is 448 g/mol. The second-order valence-electron chi connectivity index (χ2n) is 6.15. The van der Waals surface area contributed by atoms with Gasteiger partial charge in [0.1, 0.15) is 5.82 Å². The number of aryl methyl sites for hydroxylation is 1. The number of thiophene rings is 1. The van der Waals surface area contributed by atoms with Crippen LogP contribution in [0.4, 0.5) is 5.82 Å². The molecule has 4 aromatic rings. The number of nitrogens with one attached hydrogen (secondary N) is 1. The van der Waals surface area contributed by atoms with Gasteiger partial charge in [0.2, 0.25) is 17.6 Å². The van der Waals surface area contributed by atoms with Gasteiger partial charge in [0.15, 0.2) is 0 Å². The monoisotopic (exact) mass is 447 g/mol. The summed E-state index contributed by atoms with van der Waals surface area (Å²) in [4.78, 5) is 17.6. The van der Waals surface area contributed by atoms with E-state index in [1.165, 1.54) is 11.3 Å². The van der Waals surface area contributed by atoms with Gasteiger partial charge in [0.25, 0.3) is 0 Å². The van der Waals surface area contributed by atoms with Gasteiger partial charge < -0.3 is 9.84 Å². The summed E-state index contributed by atoms with van der Waals surface area (Å²) in [5.41, 5.74) is 0.849. The first-order valence-electron chi connectivity index (χ1n) is 8.70. The molecule has 3 aromatic heterocycles. The SMILES string of the molecule is O=C(CCc1nc(-c2cccs2)no1)Nc1ccnn1Cc1ccc(Cl)cc1Cl. The van der Waals surface area contributed by atoms with Crippen molar-refractivity contribution in [1.29, 1.82) is 0 Å². The number of hydrogen-bond acceptors (Lipinski definition) is 6. The number of rotatable bonds is 7. The Morgan fingerprint density at radius 1 is 1.24 bits per heavy atom. The molecule has 0 aliphatic carbocycles. The highest BCUT2D eigenvalue weighted by molar-refractivity contribution is 7.13. The molecule has 4 rings (SSSR count). The average Bonchev–Trinajstić information content (AvgIpc) is 3.44. The van der Waals surface area contributed by atoms with E-state index < -0.39 is 0 Å². The predicted octanol–water partition coefficient (Wildman–Crippen LogP) is 4.92. The van der Waals surface area contributed by atoms with Crippen LogP contribution in [0.15, 0.2) is 52.5 Å². The minimum atomic E-state index is -0.176. The molecule has 10 heteroatoms. The van der Waals surface area contributed by atoms with Crippen LogP contribution in [0.2, 0.25) is 10.0 Å². The molecule has 7 nitrogen and oxygen atoms in total. The van der Waals surface area contributed by atoms with E-state index >= 15 is 0 Å². The molecule has 0 aliphatic heterocycles. The fraction of sp³-hybridized carbons (Fsp3) is 0.158. The summed E-state index contributed by atoms with van der Waals surface area (Å²) in [7, 11) is 0. The number of benzene rings is 1. The van der Waals surface area contributed by atoms with E-state index in [4.69, 9.17) is 27.7 Å². The second-order valence-corrected chi connectivity index (χ2v) is 7.94. The summed E-state index contributed by atoms with van der Waals surface area (Å²) in [6.45, 7) is 0.409. The maximum Gasteiger partial charge on any atom is 0.227 e. The molecule has 29 heavy (non-hydrogen) atoms. The van der Waals surface area contributed by atoms with Crippen LogP contribution in [0, 0.1) is 0 Å². The lowest BCUT2D eigenvalue weighted by Gasteiger charge is -2.10. The summed E-state index contributed by atoms with van der Waals surface area (Å²) in [5, 5.41) is 14.1. The molecule has 0 unspecified atom stereocenters. The quantitative estimate of drug-likeness (QED) is 0.434. The van der Waals surface area contributed by atoms with Gasteiger partial charge >= 0.3 is 0 Å². The van der Waals surface area contributed by atoms with Crippen molar-refractivity contribution in [2.75, 3.05) is 5.32 Å². The summed E-state index contributed by atoms with van der Waals surface area (Å²) in [5.74, 6) is 1.36. The predicted molar refractivity (Wildman–Crippen MR) is 112 cm³/mol. The van der Waals surface area contributed by atoms with Crippen molar-refractivity contribution in [3.05, 3.63) is 69.5 Å². The number of aromatic nitrogens is 4. The van der Waals surface area contributed by atoms with E-state index in [0.29, 0.717) is 40.5 Å². The zero-order valence-corrected chi connectivity index (χ0v) is 17.3. The molecule has 0 aliphatic rings. The van der Waals surface area contributed by atoms with Crippen LogP contribution in [0.25, 0.3) is 10.7 Å². The Bertz CT molecular complexity index is 1120. The lowest BCUT2D eigenvalue weighted by molar-refractivity contribution is -0.116. The summed E-state index contributed by atoms with van der Waals surface area (Å²) in [6.07, 6.45) is 2.17. The number of amides is 1. The third kappa shape index (κ3) is 4.84. The maximum absolute atomic E-state index is 12.4. The van der Waals surface area contributed by atoms with Gasteiger partial charge in [-0.05, 0) is 29.1 Å². The Labute approximate surface area is 180 Å². The number of carbonyl (C=O) groups excluding carboxylic acids is 1. The number of carbonyl (C=O) groups is 1. The van der Waals surface area contributed by atoms with Crippen molar-refractivity contribution in [2.45, 2.75) is 19.4 Å². The van der Waals surface area contributed by atoms with Crippen molar-refractivity contribution in [3.8, 4) is 10.7 Å². The fourth-order valence-electron chi connectivity index (χ4n) is 2.66. The highest BCUT2D eigenvalue weighted by Crippen LogP contribution is 2.23. The zero-order valence-electron chi connectivity index (χ0n) is 15.0. The molecule has 148 valence electrons. The minimum Gasteiger partial charge on any atom is -0.339 e.